The molecule has 0 spiro atoms. The second-order valence-corrected chi connectivity index (χ2v) is 4.77. The van der Waals surface area contributed by atoms with Gasteiger partial charge in [-0.25, -0.2) is 9.49 Å². The van der Waals surface area contributed by atoms with Gasteiger partial charge in [0.15, 0.2) is 0 Å². The molecule has 0 saturated carbocycles. The Kier molecular flexibility index (Phi) is 4.00. The van der Waals surface area contributed by atoms with E-state index in [0.717, 1.165) is 17.3 Å². The number of aromatic amines is 1. The molecular formula is C11H12FN5OS. The first-order valence-corrected chi connectivity index (χ1v) is 6.40. The zero-order valence-corrected chi connectivity index (χ0v) is 10.9. The standard InChI is InChI=1S/C11H12FN5OS/c1-6-2-3-8(7(12)4-6)14-9(18)5-19-11-15-10(13)16-17-11/h2-4H,5H2,1H3,(H,14,18)(H3,13,15,16,17). The van der Waals surface area contributed by atoms with E-state index in [1.807, 2.05) is 0 Å². The monoisotopic (exact) mass is 281 g/mol. The van der Waals surface area contributed by atoms with Crippen molar-refractivity contribution in [1.29, 1.82) is 0 Å². The number of carbonyl (C=O) groups is 1. The van der Waals surface area contributed by atoms with Crippen LogP contribution in [0.1, 0.15) is 5.56 Å². The molecule has 4 N–H and O–H groups in total. The topological polar surface area (TPSA) is 96.7 Å². The van der Waals surface area contributed by atoms with Gasteiger partial charge in [-0.15, -0.1) is 5.10 Å². The van der Waals surface area contributed by atoms with E-state index in [0.29, 0.717) is 5.16 Å². The Morgan fingerprint density at radius 3 is 3.00 bits per heavy atom. The predicted octanol–water partition coefficient (Wildman–Crippen LogP) is 1.57. The highest BCUT2D eigenvalue weighted by atomic mass is 32.2. The smallest absolute Gasteiger partial charge is 0.234 e. The number of halogens is 1. The van der Waals surface area contributed by atoms with Crippen LogP contribution in [0.3, 0.4) is 0 Å². The molecule has 8 heteroatoms. The molecule has 0 fully saturated rings. The van der Waals surface area contributed by atoms with E-state index in [4.69, 9.17) is 5.73 Å². The van der Waals surface area contributed by atoms with Gasteiger partial charge in [0.1, 0.15) is 5.82 Å². The van der Waals surface area contributed by atoms with Gasteiger partial charge in [-0.2, -0.15) is 4.98 Å². The van der Waals surface area contributed by atoms with Crippen LogP contribution in [0, 0.1) is 12.7 Å². The highest BCUT2D eigenvalue weighted by molar-refractivity contribution is 7.99. The second-order valence-electron chi connectivity index (χ2n) is 3.82. The summed E-state index contributed by atoms with van der Waals surface area (Å²) in [6.07, 6.45) is 0. The SMILES string of the molecule is Cc1ccc(NC(=O)CSc2n[nH]c(N)n2)c(F)c1. The van der Waals surface area contributed by atoms with Crippen LogP contribution in [0.5, 0.6) is 0 Å². The number of nitrogens with zero attached hydrogens (tertiary/aromatic N) is 2. The summed E-state index contributed by atoms with van der Waals surface area (Å²) in [7, 11) is 0. The van der Waals surface area contributed by atoms with Crippen LogP contribution in [0.25, 0.3) is 0 Å². The first-order valence-electron chi connectivity index (χ1n) is 5.41. The third kappa shape index (κ3) is 3.68. The van der Waals surface area contributed by atoms with E-state index in [1.54, 1.807) is 13.0 Å². The Bertz CT molecular complexity index is 601. The number of nitrogen functional groups attached to an aromatic ring is 1. The van der Waals surface area contributed by atoms with Crippen LogP contribution in [0.2, 0.25) is 0 Å². The number of nitrogens with two attached hydrogens (primary N) is 1. The number of thioether (sulfide) groups is 1. The molecule has 1 heterocycles. The van der Waals surface area contributed by atoms with E-state index >= 15 is 0 Å². The van der Waals surface area contributed by atoms with Gasteiger partial charge in [0.05, 0.1) is 11.4 Å². The molecule has 2 rings (SSSR count). The molecule has 19 heavy (non-hydrogen) atoms. The molecule has 0 aliphatic heterocycles. The van der Waals surface area contributed by atoms with Gasteiger partial charge in [0.25, 0.3) is 0 Å². The average molecular weight is 281 g/mol. The normalized spacial score (nSPS) is 10.4. The van der Waals surface area contributed by atoms with Gasteiger partial charge in [0.2, 0.25) is 17.0 Å². The number of aromatic nitrogens is 3. The first-order chi connectivity index (χ1) is 9.04. The summed E-state index contributed by atoms with van der Waals surface area (Å²) in [5.74, 6) is -0.533. The van der Waals surface area contributed by atoms with Crippen LogP contribution < -0.4 is 11.1 Å². The van der Waals surface area contributed by atoms with Crippen molar-refractivity contribution in [2.24, 2.45) is 0 Å². The fraction of sp³-hybridized carbons (Fsp3) is 0.182. The summed E-state index contributed by atoms with van der Waals surface area (Å²) in [6, 6.07) is 4.61. The highest BCUT2D eigenvalue weighted by Crippen LogP contribution is 2.17. The molecule has 0 radical (unpaired) electrons. The third-order valence-corrected chi connectivity index (χ3v) is 3.06. The number of benzene rings is 1. The fourth-order valence-corrected chi connectivity index (χ4v) is 1.97. The number of hydrogen-bond acceptors (Lipinski definition) is 5. The Balaban J connectivity index is 1.90. The lowest BCUT2D eigenvalue weighted by molar-refractivity contribution is -0.113. The van der Waals surface area contributed by atoms with E-state index < -0.39 is 5.82 Å². The Labute approximate surface area is 113 Å². The van der Waals surface area contributed by atoms with Crippen molar-refractivity contribution in [2.75, 3.05) is 16.8 Å². The molecule has 1 aromatic heterocycles. The van der Waals surface area contributed by atoms with Crippen molar-refractivity contribution in [1.82, 2.24) is 15.2 Å². The second kappa shape index (κ2) is 5.70. The van der Waals surface area contributed by atoms with Crippen LogP contribution in [0.4, 0.5) is 16.0 Å². The molecule has 1 amide bonds. The fourth-order valence-electron chi connectivity index (χ4n) is 1.36. The number of aryl methyl sites for hydroxylation is 1. The minimum atomic E-state index is -0.458. The molecule has 6 nitrogen and oxygen atoms in total. The number of carbonyl (C=O) groups excluding carboxylic acids is 1. The summed E-state index contributed by atoms with van der Waals surface area (Å²) in [4.78, 5) is 15.5. The minimum absolute atomic E-state index is 0.0740. The third-order valence-electron chi connectivity index (χ3n) is 2.21. The van der Waals surface area contributed by atoms with Crippen molar-refractivity contribution in [2.45, 2.75) is 12.1 Å². The van der Waals surface area contributed by atoms with Gasteiger partial charge < -0.3 is 11.1 Å². The Hall–Kier alpha value is -2.09. The maximum Gasteiger partial charge on any atom is 0.234 e. The summed E-state index contributed by atoms with van der Waals surface area (Å²) in [6.45, 7) is 1.78. The largest absolute Gasteiger partial charge is 0.368 e. The summed E-state index contributed by atoms with van der Waals surface area (Å²) in [5.41, 5.74) is 6.30. The van der Waals surface area contributed by atoms with Gasteiger partial charge >= 0.3 is 0 Å². The molecule has 1 aromatic carbocycles. The Morgan fingerprint density at radius 1 is 1.58 bits per heavy atom. The summed E-state index contributed by atoms with van der Waals surface area (Å²) in [5, 5.41) is 9.09. The van der Waals surface area contributed by atoms with E-state index in [-0.39, 0.29) is 23.3 Å². The molecule has 100 valence electrons. The number of nitrogens with one attached hydrogen (secondary N) is 2. The molecule has 0 bridgehead atoms. The summed E-state index contributed by atoms with van der Waals surface area (Å²) < 4.78 is 13.5. The lowest BCUT2D eigenvalue weighted by Gasteiger charge is -2.05. The molecule has 0 atom stereocenters. The van der Waals surface area contributed by atoms with Crippen molar-refractivity contribution < 1.29 is 9.18 Å². The quantitative estimate of drug-likeness (QED) is 0.739. The first kappa shape index (κ1) is 13.3. The van der Waals surface area contributed by atoms with Crippen molar-refractivity contribution in [3.05, 3.63) is 29.6 Å². The predicted molar refractivity (Wildman–Crippen MR) is 71.3 cm³/mol. The number of H-pyrrole nitrogens is 1. The van der Waals surface area contributed by atoms with Gasteiger partial charge in [-0.1, -0.05) is 17.8 Å². The van der Waals surface area contributed by atoms with Crippen LogP contribution in [-0.2, 0) is 4.79 Å². The Morgan fingerprint density at radius 2 is 2.37 bits per heavy atom. The van der Waals surface area contributed by atoms with E-state index in [9.17, 15) is 9.18 Å². The zero-order valence-electron chi connectivity index (χ0n) is 10.1. The van der Waals surface area contributed by atoms with Gasteiger partial charge in [0, 0.05) is 0 Å². The number of amides is 1. The minimum Gasteiger partial charge on any atom is -0.368 e. The van der Waals surface area contributed by atoms with Crippen molar-refractivity contribution in [3.63, 3.8) is 0 Å². The molecule has 0 aliphatic rings. The number of hydrogen-bond donors (Lipinski definition) is 3. The van der Waals surface area contributed by atoms with Crippen LogP contribution >= 0.6 is 11.8 Å². The van der Waals surface area contributed by atoms with Gasteiger partial charge in [-0.05, 0) is 24.6 Å². The van der Waals surface area contributed by atoms with Crippen LogP contribution in [-0.4, -0.2) is 26.8 Å². The zero-order chi connectivity index (χ0) is 13.8. The molecule has 0 aliphatic carbocycles. The maximum absolute atomic E-state index is 13.5. The lowest BCUT2D eigenvalue weighted by Crippen LogP contribution is -2.15. The van der Waals surface area contributed by atoms with Gasteiger partial charge in [-0.3, -0.25) is 4.79 Å². The molecule has 0 unspecified atom stereocenters. The number of anilines is 2. The molecular weight excluding hydrogens is 269 g/mol. The van der Waals surface area contributed by atoms with Crippen molar-refractivity contribution >= 4 is 29.3 Å². The molecule has 0 saturated heterocycles. The van der Waals surface area contributed by atoms with Crippen LogP contribution in [0.15, 0.2) is 23.4 Å². The summed E-state index contributed by atoms with van der Waals surface area (Å²) >= 11 is 1.11. The van der Waals surface area contributed by atoms with Crippen molar-refractivity contribution in [3.8, 4) is 0 Å². The average Bonchev–Trinajstić information content (AvgIpc) is 2.76. The lowest BCUT2D eigenvalue weighted by atomic mass is 10.2. The highest BCUT2D eigenvalue weighted by Gasteiger charge is 2.09. The number of rotatable bonds is 4. The van der Waals surface area contributed by atoms with E-state index in [2.05, 4.69) is 20.5 Å². The van der Waals surface area contributed by atoms with E-state index in [1.165, 1.54) is 12.1 Å². The molecule has 2 aromatic rings. The maximum atomic E-state index is 13.5.